The summed E-state index contributed by atoms with van der Waals surface area (Å²) in [4.78, 5) is 2.45. The average Bonchev–Trinajstić information content (AvgIpc) is 2.64. The van der Waals surface area contributed by atoms with Gasteiger partial charge < -0.3 is 5.11 Å². The minimum absolute atomic E-state index is 0.292. The molecule has 0 aliphatic heterocycles. The molecular formula is C12H19NOS. The van der Waals surface area contributed by atoms with Crippen LogP contribution in [-0.2, 0) is 6.42 Å². The summed E-state index contributed by atoms with van der Waals surface area (Å²) < 4.78 is 0. The third-order valence-electron chi connectivity index (χ3n) is 3.25. The van der Waals surface area contributed by atoms with Crippen LogP contribution in [0.25, 0.3) is 0 Å². The van der Waals surface area contributed by atoms with Gasteiger partial charge in [0.05, 0.1) is 6.61 Å². The second-order valence-electron chi connectivity index (χ2n) is 4.23. The number of aliphatic hydroxyl groups excluding tert-OH is 1. The van der Waals surface area contributed by atoms with Crippen molar-refractivity contribution in [2.45, 2.75) is 31.7 Å². The fraction of sp³-hybridized carbons (Fsp3) is 0.667. The molecule has 2 rings (SSSR count). The van der Waals surface area contributed by atoms with E-state index in [1.807, 2.05) is 0 Å². The van der Waals surface area contributed by atoms with Gasteiger partial charge in [-0.3, -0.25) is 4.90 Å². The lowest BCUT2D eigenvalue weighted by Gasteiger charge is -2.37. The number of rotatable bonds is 6. The van der Waals surface area contributed by atoms with Crippen LogP contribution < -0.4 is 0 Å². The molecular weight excluding hydrogens is 206 g/mol. The van der Waals surface area contributed by atoms with E-state index in [0.717, 1.165) is 25.6 Å². The first-order valence-electron chi connectivity index (χ1n) is 5.76. The van der Waals surface area contributed by atoms with Crippen molar-refractivity contribution < 1.29 is 5.11 Å². The molecule has 0 bridgehead atoms. The topological polar surface area (TPSA) is 23.5 Å². The van der Waals surface area contributed by atoms with Crippen molar-refractivity contribution in [2.75, 3.05) is 19.7 Å². The first-order chi connectivity index (χ1) is 7.40. The quantitative estimate of drug-likeness (QED) is 0.802. The van der Waals surface area contributed by atoms with Gasteiger partial charge in [0.15, 0.2) is 0 Å². The smallest absolute Gasteiger partial charge is 0.0558 e. The van der Waals surface area contributed by atoms with Gasteiger partial charge in [-0.2, -0.15) is 11.3 Å². The Morgan fingerprint density at radius 2 is 2.27 bits per heavy atom. The molecule has 0 spiro atoms. The van der Waals surface area contributed by atoms with E-state index in [-0.39, 0.29) is 0 Å². The molecule has 0 saturated heterocycles. The molecule has 1 aliphatic rings. The molecule has 0 unspecified atom stereocenters. The molecule has 0 radical (unpaired) electrons. The van der Waals surface area contributed by atoms with Crippen LogP contribution in [0.3, 0.4) is 0 Å². The normalized spacial score (nSPS) is 16.9. The SMILES string of the molecule is OCCN(CCc1ccsc1)C1CCC1. The van der Waals surface area contributed by atoms with Crippen LogP contribution in [0.5, 0.6) is 0 Å². The maximum absolute atomic E-state index is 9.02. The third-order valence-corrected chi connectivity index (χ3v) is 3.98. The zero-order valence-corrected chi connectivity index (χ0v) is 9.88. The summed E-state index contributed by atoms with van der Waals surface area (Å²) in [6.07, 6.45) is 5.14. The molecule has 1 N–H and O–H groups in total. The maximum Gasteiger partial charge on any atom is 0.0558 e. The molecule has 1 fully saturated rings. The molecule has 1 saturated carbocycles. The molecule has 1 heterocycles. The van der Waals surface area contributed by atoms with E-state index in [0.29, 0.717) is 6.61 Å². The van der Waals surface area contributed by atoms with Crippen molar-refractivity contribution >= 4 is 11.3 Å². The van der Waals surface area contributed by atoms with Gasteiger partial charge in [0.1, 0.15) is 0 Å². The van der Waals surface area contributed by atoms with Crippen LogP contribution >= 0.6 is 11.3 Å². The van der Waals surface area contributed by atoms with Crippen LogP contribution in [0.4, 0.5) is 0 Å². The van der Waals surface area contributed by atoms with E-state index in [9.17, 15) is 0 Å². The van der Waals surface area contributed by atoms with Crippen LogP contribution in [0.15, 0.2) is 16.8 Å². The summed E-state index contributed by atoms with van der Waals surface area (Å²) in [5.74, 6) is 0. The van der Waals surface area contributed by atoms with Gasteiger partial charge in [0.2, 0.25) is 0 Å². The molecule has 0 amide bonds. The monoisotopic (exact) mass is 225 g/mol. The Kier molecular flexibility index (Phi) is 4.18. The second kappa shape index (κ2) is 5.64. The van der Waals surface area contributed by atoms with Crippen molar-refractivity contribution in [3.63, 3.8) is 0 Å². The Bertz CT molecular complexity index is 269. The first kappa shape index (κ1) is 11.1. The highest BCUT2D eigenvalue weighted by molar-refractivity contribution is 7.07. The fourth-order valence-electron chi connectivity index (χ4n) is 2.06. The van der Waals surface area contributed by atoms with Gasteiger partial charge in [-0.25, -0.2) is 0 Å². The molecule has 0 atom stereocenters. The Morgan fingerprint density at radius 1 is 1.40 bits per heavy atom. The van der Waals surface area contributed by atoms with E-state index >= 15 is 0 Å². The highest BCUT2D eigenvalue weighted by Crippen LogP contribution is 2.24. The fourth-order valence-corrected chi connectivity index (χ4v) is 2.77. The van der Waals surface area contributed by atoms with Crippen LogP contribution in [0.1, 0.15) is 24.8 Å². The molecule has 0 aromatic carbocycles. The zero-order chi connectivity index (χ0) is 10.5. The van der Waals surface area contributed by atoms with Gasteiger partial charge in [-0.15, -0.1) is 0 Å². The summed E-state index contributed by atoms with van der Waals surface area (Å²) in [5, 5.41) is 13.4. The molecule has 1 aliphatic carbocycles. The van der Waals surface area contributed by atoms with Gasteiger partial charge in [-0.1, -0.05) is 6.42 Å². The van der Waals surface area contributed by atoms with E-state index in [1.165, 1.54) is 24.8 Å². The number of hydrogen-bond donors (Lipinski definition) is 1. The lowest BCUT2D eigenvalue weighted by atomic mass is 9.91. The summed E-state index contributed by atoms with van der Waals surface area (Å²) in [7, 11) is 0. The van der Waals surface area contributed by atoms with E-state index in [1.54, 1.807) is 11.3 Å². The van der Waals surface area contributed by atoms with Crippen LogP contribution in [-0.4, -0.2) is 35.7 Å². The Morgan fingerprint density at radius 3 is 2.80 bits per heavy atom. The van der Waals surface area contributed by atoms with E-state index in [4.69, 9.17) is 5.11 Å². The van der Waals surface area contributed by atoms with Crippen molar-refractivity contribution in [2.24, 2.45) is 0 Å². The van der Waals surface area contributed by atoms with Crippen molar-refractivity contribution in [3.05, 3.63) is 22.4 Å². The maximum atomic E-state index is 9.02. The molecule has 1 aromatic heterocycles. The van der Waals surface area contributed by atoms with Gasteiger partial charge in [-0.05, 0) is 41.7 Å². The summed E-state index contributed by atoms with van der Waals surface area (Å²) >= 11 is 1.76. The summed E-state index contributed by atoms with van der Waals surface area (Å²) in [6, 6.07) is 2.94. The Hall–Kier alpha value is -0.380. The number of thiophene rings is 1. The van der Waals surface area contributed by atoms with Gasteiger partial charge >= 0.3 is 0 Å². The van der Waals surface area contributed by atoms with Gasteiger partial charge in [0.25, 0.3) is 0 Å². The second-order valence-corrected chi connectivity index (χ2v) is 5.01. The standard InChI is InChI=1S/C12H19NOS/c14-8-7-13(12-2-1-3-12)6-4-11-5-9-15-10-11/h5,9-10,12,14H,1-4,6-8H2. The lowest BCUT2D eigenvalue weighted by Crippen LogP contribution is -2.42. The number of aliphatic hydroxyl groups is 1. The minimum Gasteiger partial charge on any atom is -0.395 e. The summed E-state index contributed by atoms with van der Waals surface area (Å²) in [5.41, 5.74) is 1.43. The van der Waals surface area contributed by atoms with Crippen LogP contribution in [0, 0.1) is 0 Å². The molecule has 2 nitrogen and oxygen atoms in total. The van der Waals surface area contributed by atoms with Crippen molar-refractivity contribution in [3.8, 4) is 0 Å². The van der Waals surface area contributed by atoms with E-state index in [2.05, 4.69) is 21.7 Å². The van der Waals surface area contributed by atoms with Gasteiger partial charge in [0, 0.05) is 19.1 Å². The summed E-state index contributed by atoms with van der Waals surface area (Å²) in [6.45, 7) is 2.23. The third kappa shape index (κ3) is 3.03. The molecule has 1 aromatic rings. The number of hydrogen-bond acceptors (Lipinski definition) is 3. The number of nitrogens with zero attached hydrogens (tertiary/aromatic N) is 1. The highest BCUT2D eigenvalue weighted by atomic mass is 32.1. The zero-order valence-electron chi connectivity index (χ0n) is 9.06. The van der Waals surface area contributed by atoms with E-state index < -0.39 is 0 Å². The minimum atomic E-state index is 0.292. The van der Waals surface area contributed by atoms with Crippen LogP contribution in [0.2, 0.25) is 0 Å². The van der Waals surface area contributed by atoms with Crippen molar-refractivity contribution in [1.82, 2.24) is 4.90 Å². The largest absolute Gasteiger partial charge is 0.395 e. The average molecular weight is 225 g/mol. The lowest BCUT2D eigenvalue weighted by molar-refractivity contribution is 0.103. The highest BCUT2D eigenvalue weighted by Gasteiger charge is 2.23. The Labute approximate surface area is 95.5 Å². The molecule has 3 heteroatoms. The van der Waals surface area contributed by atoms with Crippen molar-refractivity contribution in [1.29, 1.82) is 0 Å². The Balaban J connectivity index is 1.78. The molecule has 84 valence electrons. The predicted molar refractivity (Wildman–Crippen MR) is 64.3 cm³/mol. The predicted octanol–water partition coefficient (Wildman–Crippen LogP) is 2.14. The molecule has 15 heavy (non-hydrogen) atoms. The first-order valence-corrected chi connectivity index (χ1v) is 6.70.